The first kappa shape index (κ1) is 13.5. The maximum atomic E-state index is 12.1. The SMILES string of the molecule is O=C(Oc1ccccc1)c1ccc2c(Cl)c(O)ccc2c1. The van der Waals surface area contributed by atoms with E-state index in [4.69, 9.17) is 16.3 Å². The van der Waals surface area contributed by atoms with E-state index in [2.05, 4.69) is 0 Å². The number of phenols is 1. The molecule has 1 N–H and O–H groups in total. The maximum Gasteiger partial charge on any atom is 0.343 e. The molecule has 0 heterocycles. The number of para-hydroxylation sites is 1. The molecule has 0 spiro atoms. The first-order chi connectivity index (χ1) is 10.1. The van der Waals surface area contributed by atoms with Crippen LogP contribution in [0.2, 0.25) is 5.02 Å². The number of aromatic hydroxyl groups is 1. The zero-order valence-electron chi connectivity index (χ0n) is 10.9. The van der Waals surface area contributed by atoms with Gasteiger partial charge >= 0.3 is 5.97 Å². The second-order valence-corrected chi connectivity index (χ2v) is 4.92. The third-order valence-corrected chi connectivity index (χ3v) is 3.52. The predicted octanol–water partition coefficient (Wildman–Crippen LogP) is 4.42. The fourth-order valence-corrected chi connectivity index (χ4v) is 2.30. The first-order valence-electron chi connectivity index (χ1n) is 6.33. The number of carbonyl (C=O) groups is 1. The van der Waals surface area contributed by atoms with Crippen LogP contribution in [0.25, 0.3) is 10.8 Å². The van der Waals surface area contributed by atoms with Gasteiger partial charge in [0.1, 0.15) is 11.5 Å². The topological polar surface area (TPSA) is 46.5 Å². The lowest BCUT2D eigenvalue weighted by Gasteiger charge is -2.07. The van der Waals surface area contributed by atoms with E-state index in [1.165, 1.54) is 6.07 Å². The number of benzene rings is 3. The largest absolute Gasteiger partial charge is 0.506 e. The Bertz CT molecular complexity index is 813. The van der Waals surface area contributed by atoms with Gasteiger partial charge in [0, 0.05) is 5.39 Å². The van der Waals surface area contributed by atoms with Crippen molar-refractivity contribution < 1.29 is 14.6 Å². The lowest BCUT2D eigenvalue weighted by atomic mass is 10.1. The minimum atomic E-state index is -0.438. The van der Waals surface area contributed by atoms with Crippen molar-refractivity contribution >= 4 is 28.3 Å². The molecule has 3 aromatic rings. The molecular weight excluding hydrogens is 288 g/mol. The molecule has 0 fully saturated rings. The smallest absolute Gasteiger partial charge is 0.343 e. The normalized spacial score (nSPS) is 10.5. The lowest BCUT2D eigenvalue weighted by Crippen LogP contribution is -2.08. The van der Waals surface area contributed by atoms with E-state index >= 15 is 0 Å². The van der Waals surface area contributed by atoms with Crippen LogP contribution in [0, 0.1) is 0 Å². The molecule has 0 unspecified atom stereocenters. The van der Waals surface area contributed by atoms with Crippen molar-refractivity contribution in [2.75, 3.05) is 0 Å². The predicted molar refractivity (Wildman–Crippen MR) is 82.0 cm³/mol. The molecule has 0 aliphatic heterocycles. The molecule has 4 heteroatoms. The number of ether oxygens (including phenoxy) is 1. The van der Waals surface area contributed by atoms with Crippen molar-refractivity contribution in [1.29, 1.82) is 0 Å². The zero-order chi connectivity index (χ0) is 14.8. The molecule has 0 saturated carbocycles. The van der Waals surface area contributed by atoms with Gasteiger partial charge in [-0.25, -0.2) is 4.79 Å². The number of halogens is 1. The Kier molecular flexibility index (Phi) is 3.50. The molecule has 3 rings (SSSR count). The van der Waals surface area contributed by atoms with Gasteiger partial charge in [-0.1, -0.05) is 41.9 Å². The molecule has 21 heavy (non-hydrogen) atoms. The summed E-state index contributed by atoms with van der Waals surface area (Å²) in [6.45, 7) is 0. The maximum absolute atomic E-state index is 12.1. The summed E-state index contributed by atoms with van der Waals surface area (Å²) >= 11 is 6.02. The van der Waals surface area contributed by atoms with Gasteiger partial charge in [-0.05, 0) is 35.7 Å². The van der Waals surface area contributed by atoms with Crippen LogP contribution < -0.4 is 4.74 Å². The molecular formula is C17H11ClO3. The van der Waals surface area contributed by atoms with E-state index in [-0.39, 0.29) is 10.8 Å². The van der Waals surface area contributed by atoms with Crippen LogP contribution in [0.4, 0.5) is 0 Å². The van der Waals surface area contributed by atoms with Gasteiger partial charge in [0.15, 0.2) is 0 Å². The summed E-state index contributed by atoms with van der Waals surface area (Å²) in [4.78, 5) is 12.1. The number of esters is 1. The van der Waals surface area contributed by atoms with Gasteiger partial charge in [-0.3, -0.25) is 0 Å². The van der Waals surface area contributed by atoms with Crippen LogP contribution in [-0.4, -0.2) is 11.1 Å². The Hall–Kier alpha value is -2.52. The van der Waals surface area contributed by atoms with Gasteiger partial charge in [0.25, 0.3) is 0 Å². The molecule has 0 aliphatic rings. The van der Waals surface area contributed by atoms with E-state index in [1.807, 2.05) is 6.07 Å². The van der Waals surface area contributed by atoms with E-state index < -0.39 is 5.97 Å². The summed E-state index contributed by atoms with van der Waals surface area (Å²) in [5.41, 5.74) is 0.424. The second kappa shape index (κ2) is 5.46. The second-order valence-electron chi connectivity index (χ2n) is 4.54. The molecule has 3 aromatic carbocycles. The van der Waals surface area contributed by atoms with Crippen molar-refractivity contribution in [3.63, 3.8) is 0 Å². The fraction of sp³-hybridized carbons (Fsp3) is 0. The fourth-order valence-electron chi connectivity index (χ4n) is 2.06. The summed E-state index contributed by atoms with van der Waals surface area (Å²) in [5.74, 6) is 0.0717. The van der Waals surface area contributed by atoms with E-state index in [9.17, 15) is 9.90 Å². The Morgan fingerprint density at radius 2 is 1.76 bits per heavy atom. The number of hydrogen-bond acceptors (Lipinski definition) is 3. The third-order valence-electron chi connectivity index (χ3n) is 3.12. The van der Waals surface area contributed by atoms with Crippen molar-refractivity contribution in [2.24, 2.45) is 0 Å². The van der Waals surface area contributed by atoms with E-state index in [1.54, 1.807) is 48.5 Å². The van der Waals surface area contributed by atoms with Crippen LogP contribution in [0.3, 0.4) is 0 Å². The molecule has 104 valence electrons. The monoisotopic (exact) mass is 298 g/mol. The Morgan fingerprint density at radius 1 is 1.00 bits per heavy atom. The van der Waals surface area contributed by atoms with Gasteiger partial charge < -0.3 is 9.84 Å². The molecule has 3 nitrogen and oxygen atoms in total. The van der Waals surface area contributed by atoms with Crippen LogP contribution in [0.1, 0.15) is 10.4 Å². The van der Waals surface area contributed by atoms with Crippen LogP contribution in [0.5, 0.6) is 11.5 Å². The van der Waals surface area contributed by atoms with E-state index in [0.717, 1.165) is 5.39 Å². The number of fused-ring (bicyclic) bond motifs is 1. The highest BCUT2D eigenvalue weighted by Gasteiger charge is 2.11. The summed E-state index contributed by atoms with van der Waals surface area (Å²) < 4.78 is 5.28. The van der Waals surface area contributed by atoms with Gasteiger partial charge in [-0.2, -0.15) is 0 Å². The Balaban J connectivity index is 1.94. The molecule has 0 amide bonds. The molecule has 0 atom stereocenters. The van der Waals surface area contributed by atoms with Crippen LogP contribution in [0.15, 0.2) is 60.7 Å². The van der Waals surface area contributed by atoms with Crippen LogP contribution in [-0.2, 0) is 0 Å². The highest BCUT2D eigenvalue weighted by molar-refractivity contribution is 6.37. The van der Waals surface area contributed by atoms with Crippen molar-refractivity contribution in [2.45, 2.75) is 0 Å². The number of rotatable bonds is 2. The van der Waals surface area contributed by atoms with Gasteiger partial charge in [-0.15, -0.1) is 0 Å². The van der Waals surface area contributed by atoms with Crippen molar-refractivity contribution in [1.82, 2.24) is 0 Å². The molecule has 0 saturated heterocycles. The number of phenolic OH excluding ortho intramolecular Hbond substituents is 1. The average Bonchev–Trinajstić information content (AvgIpc) is 2.51. The lowest BCUT2D eigenvalue weighted by molar-refractivity contribution is 0.0735. The van der Waals surface area contributed by atoms with Crippen molar-refractivity contribution in [3.8, 4) is 11.5 Å². The summed E-state index contributed by atoms with van der Waals surface area (Å²) in [6, 6.07) is 17.1. The Morgan fingerprint density at radius 3 is 2.52 bits per heavy atom. The van der Waals surface area contributed by atoms with Gasteiger partial charge in [0.05, 0.1) is 10.6 Å². The minimum Gasteiger partial charge on any atom is -0.506 e. The zero-order valence-corrected chi connectivity index (χ0v) is 11.7. The Labute approximate surface area is 126 Å². The highest BCUT2D eigenvalue weighted by Crippen LogP contribution is 2.32. The number of hydrogen-bond donors (Lipinski definition) is 1. The molecule has 0 aliphatic carbocycles. The minimum absolute atomic E-state index is 0.0174. The van der Waals surface area contributed by atoms with Crippen LogP contribution >= 0.6 is 11.6 Å². The molecule has 0 bridgehead atoms. The number of carbonyl (C=O) groups excluding carboxylic acids is 1. The van der Waals surface area contributed by atoms with E-state index in [0.29, 0.717) is 16.7 Å². The highest BCUT2D eigenvalue weighted by atomic mass is 35.5. The third kappa shape index (κ3) is 2.69. The summed E-state index contributed by atoms with van der Waals surface area (Å²) in [7, 11) is 0. The average molecular weight is 299 g/mol. The summed E-state index contributed by atoms with van der Waals surface area (Å²) in [5, 5.41) is 11.3. The standard InChI is InChI=1S/C17H11ClO3/c18-16-14-8-6-12(10-11(14)7-9-15(16)19)17(20)21-13-4-2-1-3-5-13/h1-10,19H. The summed E-state index contributed by atoms with van der Waals surface area (Å²) in [6.07, 6.45) is 0. The molecule has 0 radical (unpaired) electrons. The van der Waals surface area contributed by atoms with Crippen molar-refractivity contribution in [3.05, 3.63) is 71.2 Å². The molecule has 0 aromatic heterocycles. The quantitative estimate of drug-likeness (QED) is 0.563. The first-order valence-corrected chi connectivity index (χ1v) is 6.71. The van der Waals surface area contributed by atoms with Gasteiger partial charge in [0.2, 0.25) is 0 Å².